The number of aromatic amines is 1. The number of pyridine rings is 1. The average Bonchev–Trinajstić information content (AvgIpc) is 2.28. The van der Waals surface area contributed by atoms with E-state index in [0.29, 0.717) is 6.54 Å². The molecule has 0 amide bonds. The van der Waals surface area contributed by atoms with Crippen molar-refractivity contribution in [1.82, 2.24) is 4.98 Å². The van der Waals surface area contributed by atoms with Crippen LogP contribution in [0.25, 0.3) is 11.3 Å². The molecular formula is C13H14N2O. The highest BCUT2D eigenvalue weighted by molar-refractivity contribution is 5.63. The molecule has 1 heterocycles. The lowest BCUT2D eigenvalue weighted by molar-refractivity contribution is 1.05. The van der Waals surface area contributed by atoms with E-state index in [0.717, 1.165) is 22.4 Å². The highest BCUT2D eigenvalue weighted by Gasteiger charge is 2.03. The van der Waals surface area contributed by atoms with Crippen molar-refractivity contribution in [2.75, 3.05) is 0 Å². The maximum Gasteiger partial charge on any atom is 0.248 e. The molecule has 3 heteroatoms. The van der Waals surface area contributed by atoms with E-state index in [1.165, 1.54) is 6.07 Å². The van der Waals surface area contributed by atoms with Crippen LogP contribution < -0.4 is 11.3 Å². The molecule has 0 aliphatic carbocycles. The van der Waals surface area contributed by atoms with E-state index in [-0.39, 0.29) is 5.56 Å². The lowest BCUT2D eigenvalue weighted by atomic mass is 10.0. The summed E-state index contributed by atoms with van der Waals surface area (Å²) in [5.74, 6) is 0. The second-order valence-electron chi connectivity index (χ2n) is 3.79. The van der Waals surface area contributed by atoms with Gasteiger partial charge < -0.3 is 10.7 Å². The lowest BCUT2D eigenvalue weighted by Crippen LogP contribution is -2.09. The van der Waals surface area contributed by atoms with Gasteiger partial charge in [0.2, 0.25) is 5.56 Å². The van der Waals surface area contributed by atoms with E-state index in [1.54, 1.807) is 0 Å². The predicted octanol–water partition coefficient (Wildman–Crippen LogP) is 1.81. The average molecular weight is 214 g/mol. The second-order valence-corrected chi connectivity index (χ2v) is 3.79. The monoisotopic (exact) mass is 214 g/mol. The Morgan fingerprint density at radius 3 is 2.69 bits per heavy atom. The third-order valence-electron chi connectivity index (χ3n) is 2.58. The molecule has 2 rings (SSSR count). The molecule has 0 fully saturated rings. The SMILES string of the molecule is Cc1ccccc1-c1cc(CN)cc(=O)[nH]1. The van der Waals surface area contributed by atoms with Crippen LogP contribution in [0.15, 0.2) is 41.2 Å². The van der Waals surface area contributed by atoms with Gasteiger partial charge in [-0.1, -0.05) is 24.3 Å². The number of hydrogen-bond donors (Lipinski definition) is 2. The number of H-pyrrole nitrogens is 1. The largest absolute Gasteiger partial charge is 0.326 e. The predicted molar refractivity (Wildman–Crippen MR) is 65.1 cm³/mol. The Balaban J connectivity index is 2.60. The summed E-state index contributed by atoms with van der Waals surface area (Å²) in [5.41, 5.74) is 9.28. The van der Waals surface area contributed by atoms with Crippen molar-refractivity contribution in [2.24, 2.45) is 5.73 Å². The first-order chi connectivity index (χ1) is 7.70. The molecule has 16 heavy (non-hydrogen) atoms. The fourth-order valence-electron chi connectivity index (χ4n) is 1.74. The number of hydrogen-bond acceptors (Lipinski definition) is 2. The van der Waals surface area contributed by atoms with Crippen molar-refractivity contribution in [3.63, 3.8) is 0 Å². The van der Waals surface area contributed by atoms with Gasteiger partial charge in [0.05, 0.1) is 0 Å². The molecule has 0 saturated heterocycles. The van der Waals surface area contributed by atoms with E-state index < -0.39 is 0 Å². The molecule has 1 aromatic heterocycles. The topological polar surface area (TPSA) is 58.9 Å². The Labute approximate surface area is 93.9 Å². The number of nitrogens with two attached hydrogens (primary N) is 1. The van der Waals surface area contributed by atoms with Crippen LogP contribution in [-0.2, 0) is 6.54 Å². The highest BCUT2D eigenvalue weighted by atomic mass is 16.1. The van der Waals surface area contributed by atoms with Crippen molar-refractivity contribution in [3.05, 3.63) is 57.9 Å². The minimum Gasteiger partial charge on any atom is -0.326 e. The van der Waals surface area contributed by atoms with Gasteiger partial charge in [-0.2, -0.15) is 0 Å². The summed E-state index contributed by atoms with van der Waals surface area (Å²) in [4.78, 5) is 14.3. The van der Waals surface area contributed by atoms with Crippen molar-refractivity contribution in [3.8, 4) is 11.3 Å². The zero-order valence-electron chi connectivity index (χ0n) is 9.16. The van der Waals surface area contributed by atoms with Crippen molar-refractivity contribution in [1.29, 1.82) is 0 Å². The molecule has 2 aromatic rings. The summed E-state index contributed by atoms with van der Waals surface area (Å²) < 4.78 is 0. The highest BCUT2D eigenvalue weighted by Crippen LogP contribution is 2.20. The van der Waals surface area contributed by atoms with E-state index in [2.05, 4.69) is 4.98 Å². The summed E-state index contributed by atoms with van der Waals surface area (Å²) in [6.45, 7) is 2.39. The zero-order chi connectivity index (χ0) is 11.5. The molecule has 0 spiro atoms. The van der Waals surface area contributed by atoms with Crippen LogP contribution >= 0.6 is 0 Å². The summed E-state index contributed by atoms with van der Waals surface area (Å²) in [6.07, 6.45) is 0. The van der Waals surface area contributed by atoms with Gasteiger partial charge in [0, 0.05) is 23.9 Å². The number of aromatic nitrogens is 1. The first kappa shape index (κ1) is 10.6. The molecule has 3 nitrogen and oxygen atoms in total. The maximum absolute atomic E-state index is 11.4. The maximum atomic E-state index is 11.4. The standard InChI is InChI=1S/C13H14N2O/c1-9-4-2-3-5-11(9)12-6-10(8-14)7-13(16)15-12/h2-7H,8,14H2,1H3,(H,15,16). The van der Waals surface area contributed by atoms with Crippen molar-refractivity contribution in [2.45, 2.75) is 13.5 Å². The fraction of sp³-hybridized carbons (Fsp3) is 0.154. The summed E-state index contributed by atoms with van der Waals surface area (Å²) in [7, 11) is 0. The molecule has 0 aliphatic heterocycles. The normalized spacial score (nSPS) is 10.4. The van der Waals surface area contributed by atoms with Crippen LogP contribution in [0.3, 0.4) is 0 Å². The molecule has 0 atom stereocenters. The van der Waals surface area contributed by atoms with Crippen LogP contribution in [-0.4, -0.2) is 4.98 Å². The third kappa shape index (κ3) is 2.04. The van der Waals surface area contributed by atoms with Crippen LogP contribution in [0.1, 0.15) is 11.1 Å². The molecule has 82 valence electrons. The van der Waals surface area contributed by atoms with E-state index in [1.807, 2.05) is 37.3 Å². The van der Waals surface area contributed by atoms with Gasteiger partial charge in [-0.05, 0) is 24.1 Å². The van der Waals surface area contributed by atoms with Crippen LogP contribution in [0.4, 0.5) is 0 Å². The Bertz CT molecular complexity index is 558. The number of benzene rings is 1. The number of rotatable bonds is 2. The molecule has 0 unspecified atom stereocenters. The smallest absolute Gasteiger partial charge is 0.248 e. The summed E-state index contributed by atoms with van der Waals surface area (Å²) in [6, 6.07) is 11.4. The van der Waals surface area contributed by atoms with Gasteiger partial charge in [-0.15, -0.1) is 0 Å². The number of nitrogens with one attached hydrogen (secondary N) is 1. The molecule has 1 aromatic carbocycles. The van der Waals surface area contributed by atoms with Gasteiger partial charge in [0.25, 0.3) is 0 Å². The fourth-order valence-corrected chi connectivity index (χ4v) is 1.74. The van der Waals surface area contributed by atoms with Gasteiger partial charge in [0.1, 0.15) is 0 Å². The Morgan fingerprint density at radius 1 is 1.25 bits per heavy atom. The van der Waals surface area contributed by atoms with E-state index in [9.17, 15) is 4.79 Å². The second kappa shape index (κ2) is 4.33. The van der Waals surface area contributed by atoms with Crippen molar-refractivity contribution < 1.29 is 0 Å². The Hall–Kier alpha value is -1.87. The van der Waals surface area contributed by atoms with Gasteiger partial charge >= 0.3 is 0 Å². The van der Waals surface area contributed by atoms with Crippen molar-refractivity contribution >= 4 is 0 Å². The first-order valence-corrected chi connectivity index (χ1v) is 5.20. The quantitative estimate of drug-likeness (QED) is 0.801. The molecule has 0 radical (unpaired) electrons. The van der Waals surface area contributed by atoms with Crippen LogP contribution in [0.2, 0.25) is 0 Å². The molecular weight excluding hydrogens is 200 g/mol. The number of aryl methyl sites for hydroxylation is 1. The first-order valence-electron chi connectivity index (χ1n) is 5.20. The molecule has 0 aliphatic rings. The summed E-state index contributed by atoms with van der Waals surface area (Å²) >= 11 is 0. The summed E-state index contributed by atoms with van der Waals surface area (Å²) in [5, 5.41) is 0. The Kier molecular flexibility index (Phi) is 2.88. The minimum absolute atomic E-state index is 0.110. The van der Waals surface area contributed by atoms with Crippen LogP contribution in [0, 0.1) is 6.92 Å². The molecule has 0 bridgehead atoms. The van der Waals surface area contributed by atoms with Gasteiger partial charge in [0.15, 0.2) is 0 Å². The third-order valence-corrected chi connectivity index (χ3v) is 2.58. The minimum atomic E-state index is -0.110. The van der Waals surface area contributed by atoms with E-state index >= 15 is 0 Å². The van der Waals surface area contributed by atoms with Gasteiger partial charge in [-0.3, -0.25) is 4.79 Å². The molecule has 0 saturated carbocycles. The lowest BCUT2D eigenvalue weighted by Gasteiger charge is -2.06. The van der Waals surface area contributed by atoms with Gasteiger partial charge in [-0.25, -0.2) is 0 Å². The van der Waals surface area contributed by atoms with E-state index in [4.69, 9.17) is 5.73 Å². The molecule has 3 N–H and O–H groups in total. The Morgan fingerprint density at radius 2 is 2.00 bits per heavy atom. The zero-order valence-corrected chi connectivity index (χ0v) is 9.16. The van der Waals surface area contributed by atoms with Crippen LogP contribution in [0.5, 0.6) is 0 Å².